The summed E-state index contributed by atoms with van der Waals surface area (Å²) < 4.78 is 0. The van der Waals surface area contributed by atoms with Crippen LogP contribution in [0.2, 0.25) is 0 Å². The first-order valence-electron chi connectivity index (χ1n) is 11.3. The molecule has 3 aromatic rings. The van der Waals surface area contributed by atoms with Crippen LogP contribution >= 0.6 is 0 Å². The third-order valence-corrected chi connectivity index (χ3v) is 6.45. The minimum atomic E-state index is 0.0677. The Morgan fingerprint density at radius 1 is 1.06 bits per heavy atom. The normalized spacial score (nSPS) is 17.1. The molecule has 4 rings (SSSR count). The van der Waals surface area contributed by atoms with Crippen LogP contribution in [0.3, 0.4) is 0 Å². The van der Waals surface area contributed by atoms with Crippen molar-refractivity contribution in [3.8, 4) is 0 Å². The van der Waals surface area contributed by atoms with Crippen molar-refractivity contribution in [3.05, 3.63) is 71.0 Å². The van der Waals surface area contributed by atoms with Gasteiger partial charge in [-0.25, -0.2) is 9.97 Å². The fourth-order valence-corrected chi connectivity index (χ4v) is 4.43. The van der Waals surface area contributed by atoms with E-state index in [0.717, 1.165) is 67.7 Å². The summed E-state index contributed by atoms with van der Waals surface area (Å²) in [5.41, 5.74) is 5.54. The van der Waals surface area contributed by atoms with Gasteiger partial charge in [0.25, 0.3) is 5.91 Å². The van der Waals surface area contributed by atoms with Crippen LogP contribution in [-0.2, 0) is 6.42 Å². The Morgan fingerprint density at radius 2 is 1.81 bits per heavy atom. The maximum Gasteiger partial charge on any atom is 0.253 e. The zero-order valence-corrected chi connectivity index (χ0v) is 18.8. The van der Waals surface area contributed by atoms with E-state index < -0.39 is 0 Å². The number of hydrogen-bond acceptors (Lipinski definition) is 4. The number of amides is 1. The summed E-state index contributed by atoms with van der Waals surface area (Å²) in [6.45, 7) is 7.07. The zero-order chi connectivity index (χ0) is 21.8. The van der Waals surface area contributed by atoms with Gasteiger partial charge in [0.05, 0.1) is 22.4 Å². The van der Waals surface area contributed by atoms with Gasteiger partial charge in [-0.1, -0.05) is 30.3 Å². The maximum absolute atomic E-state index is 13.2. The molecule has 2 aromatic carbocycles. The van der Waals surface area contributed by atoms with Crippen LogP contribution in [0, 0.1) is 13.8 Å². The van der Waals surface area contributed by atoms with E-state index in [0.29, 0.717) is 5.56 Å². The van der Waals surface area contributed by atoms with Crippen molar-refractivity contribution >= 4 is 16.9 Å². The van der Waals surface area contributed by atoms with E-state index in [1.54, 1.807) is 0 Å². The number of likely N-dealkylation sites (tertiary alicyclic amines) is 1. The number of carbonyl (C=O) groups is 1. The lowest BCUT2D eigenvalue weighted by molar-refractivity contribution is 0.0617. The Kier molecular flexibility index (Phi) is 6.62. The smallest absolute Gasteiger partial charge is 0.253 e. The first kappa shape index (κ1) is 21.4. The van der Waals surface area contributed by atoms with Gasteiger partial charge in [0.15, 0.2) is 0 Å². The standard InChI is InChI=1S/C26H32N4O/c1-19-20(2)28-25-17-22(13-14-24(25)27-19)26(31)29(3)23-12-8-16-30(18-23)15-7-11-21-9-5-4-6-10-21/h4-6,9-10,13-14,17,23H,7-8,11-12,15-16,18H2,1-3H3/t23-/m0/s1. The predicted molar refractivity (Wildman–Crippen MR) is 125 cm³/mol. The van der Waals surface area contributed by atoms with Gasteiger partial charge >= 0.3 is 0 Å². The van der Waals surface area contributed by atoms with Crippen molar-refractivity contribution in [2.45, 2.75) is 45.6 Å². The highest BCUT2D eigenvalue weighted by Crippen LogP contribution is 2.20. The highest BCUT2D eigenvalue weighted by atomic mass is 16.2. The van der Waals surface area contributed by atoms with E-state index >= 15 is 0 Å². The molecule has 5 nitrogen and oxygen atoms in total. The topological polar surface area (TPSA) is 49.3 Å². The van der Waals surface area contributed by atoms with Crippen molar-refractivity contribution in [2.75, 3.05) is 26.7 Å². The van der Waals surface area contributed by atoms with Crippen molar-refractivity contribution in [3.63, 3.8) is 0 Å². The second kappa shape index (κ2) is 9.56. The molecule has 5 heteroatoms. The fourth-order valence-electron chi connectivity index (χ4n) is 4.43. The average Bonchev–Trinajstić information content (AvgIpc) is 2.79. The van der Waals surface area contributed by atoms with E-state index in [4.69, 9.17) is 0 Å². The number of carbonyl (C=O) groups excluding carboxylic acids is 1. The number of hydrogen-bond donors (Lipinski definition) is 0. The molecule has 0 radical (unpaired) electrons. The number of piperidine rings is 1. The molecular weight excluding hydrogens is 384 g/mol. The number of benzene rings is 2. The minimum absolute atomic E-state index is 0.0677. The Labute approximate surface area is 185 Å². The van der Waals surface area contributed by atoms with Gasteiger partial charge in [-0.15, -0.1) is 0 Å². The van der Waals surface area contributed by atoms with Crippen molar-refractivity contribution < 1.29 is 4.79 Å². The van der Waals surface area contributed by atoms with E-state index in [2.05, 4.69) is 45.2 Å². The third kappa shape index (κ3) is 5.10. The molecule has 1 aromatic heterocycles. The monoisotopic (exact) mass is 416 g/mol. The highest BCUT2D eigenvalue weighted by Gasteiger charge is 2.26. The van der Waals surface area contributed by atoms with Gasteiger partial charge < -0.3 is 9.80 Å². The lowest BCUT2D eigenvalue weighted by Gasteiger charge is -2.37. The van der Waals surface area contributed by atoms with Gasteiger partial charge in [-0.2, -0.15) is 0 Å². The SMILES string of the molecule is Cc1nc2ccc(C(=O)N(C)[C@H]3CCCN(CCCc4ccccc4)C3)cc2nc1C. The lowest BCUT2D eigenvalue weighted by Crippen LogP contribution is -2.48. The van der Waals surface area contributed by atoms with Gasteiger partial charge in [0, 0.05) is 25.2 Å². The van der Waals surface area contributed by atoms with Crippen molar-refractivity contribution in [1.82, 2.24) is 19.8 Å². The Bertz CT molecular complexity index is 1050. The zero-order valence-electron chi connectivity index (χ0n) is 18.8. The van der Waals surface area contributed by atoms with E-state index in [9.17, 15) is 4.79 Å². The largest absolute Gasteiger partial charge is 0.337 e. The molecule has 0 unspecified atom stereocenters. The number of rotatable bonds is 6. The van der Waals surface area contributed by atoms with Crippen LogP contribution in [0.5, 0.6) is 0 Å². The Balaban J connectivity index is 1.37. The summed E-state index contributed by atoms with van der Waals surface area (Å²) in [6, 6.07) is 16.6. The molecule has 2 heterocycles. The van der Waals surface area contributed by atoms with Crippen LogP contribution in [0.4, 0.5) is 0 Å². The molecule has 0 N–H and O–H groups in total. The molecule has 1 atom stereocenters. The summed E-state index contributed by atoms with van der Waals surface area (Å²) in [5, 5.41) is 0. The molecule has 0 aliphatic carbocycles. The minimum Gasteiger partial charge on any atom is -0.337 e. The van der Waals surface area contributed by atoms with Crippen LogP contribution in [0.15, 0.2) is 48.5 Å². The number of aromatic nitrogens is 2. The molecular formula is C26H32N4O. The summed E-state index contributed by atoms with van der Waals surface area (Å²) >= 11 is 0. The molecule has 0 bridgehead atoms. The second-order valence-corrected chi connectivity index (χ2v) is 8.70. The molecule has 1 saturated heterocycles. The predicted octanol–water partition coefficient (Wildman–Crippen LogP) is 4.42. The third-order valence-electron chi connectivity index (χ3n) is 6.45. The van der Waals surface area contributed by atoms with Gasteiger partial charge in [0.1, 0.15) is 0 Å². The van der Waals surface area contributed by atoms with E-state index in [1.165, 1.54) is 5.56 Å². The van der Waals surface area contributed by atoms with Crippen molar-refractivity contribution in [1.29, 1.82) is 0 Å². The molecule has 1 aliphatic rings. The molecule has 1 aliphatic heterocycles. The summed E-state index contributed by atoms with van der Waals surface area (Å²) in [7, 11) is 1.94. The molecule has 1 fully saturated rings. The summed E-state index contributed by atoms with van der Waals surface area (Å²) in [6.07, 6.45) is 4.45. The molecule has 0 saturated carbocycles. The van der Waals surface area contributed by atoms with Crippen molar-refractivity contribution in [2.24, 2.45) is 0 Å². The maximum atomic E-state index is 13.2. The first-order valence-corrected chi connectivity index (χ1v) is 11.3. The van der Waals surface area contributed by atoms with Crippen LogP contribution in [0.1, 0.15) is 46.6 Å². The number of fused-ring (bicyclic) bond motifs is 1. The quantitative estimate of drug-likeness (QED) is 0.597. The molecule has 0 spiro atoms. The van der Waals surface area contributed by atoms with E-state index in [1.807, 2.05) is 44.0 Å². The number of likely N-dealkylation sites (N-methyl/N-ethyl adjacent to an activating group) is 1. The van der Waals surface area contributed by atoms with Crippen LogP contribution in [0.25, 0.3) is 11.0 Å². The highest BCUT2D eigenvalue weighted by molar-refractivity contribution is 5.97. The Morgan fingerprint density at radius 3 is 2.58 bits per heavy atom. The molecule has 1 amide bonds. The summed E-state index contributed by atoms with van der Waals surface area (Å²) in [5.74, 6) is 0.0677. The van der Waals surface area contributed by atoms with Gasteiger partial charge in [0.2, 0.25) is 0 Å². The van der Waals surface area contributed by atoms with Crippen LogP contribution < -0.4 is 0 Å². The lowest BCUT2D eigenvalue weighted by atomic mass is 10.0. The molecule has 31 heavy (non-hydrogen) atoms. The van der Waals surface area contributed by atoms with Crippen LogP contribution in [-0.4, -0.2) is 58.4 Å². The average molecular weight is 417 g/mol. The number of aryl methyl sites for hydroxylation is 3. The van der Waals surface area contributed by atoms with Gasteiger partial charge in [-0.05, 0) is 76.4 Å². The Hall–Kier alpha value is -2.79. The second-order valence-electron chi connectivity index (χ2n) is 8.70. The van der Waals surface area contributed by atoms with E-state index in [-0.39, 0.29) is 11.9 Å². The first-order chi connectivity index (χ1) is 15.0. The molecule has 162 valence electrons. The van der Waals surface area contributed by atoms with Gasteiger partial charge in [-0.3, -0.25) is 4.79 Å². The fraction of sp³-hybridized carbons (Fsp3) is 0.423. The number of nitrogens with zero attached hydrogens (tertiary/aromatic N) is 4. The summed E-state index contributed by atoms with van der Waals surface area (Å²) in [4.78, 5) is 26.8.